The van der Waals surface area contributed by atoms with Crippen LogP contribution < -0.4 is 10.2 Å². The molecule has 1 aliphatic rings. The normalized spacial score (nSPS) is 12.4. The predicted molar refractivity (Wildman–Crippen MR) is 84.2 cm³/mol. The molecule has 0 unspecified atom stereocenters. The summed E-state index contributed by atoms with van der Waals surface area (Å²) in [5.74, 6) is 0.645. The zero-order valence-corrected chi connectivity index (χ0v) is 11.8. The lowest BCUT2D eigenvalue weighted by Gasteiger charge is -2.23. The standard InChI is InChI=1S/C16H16N4O/c1-2-16(21)20(15-5-3-4-8-18-15)13-7-6-12-10-17-11-19-14(12)9-13/h3-10,19H,2,11H2,1H3. The van der Waals surface area contributed by atoms with Gasteiger partial charge in [0.25, 0.3) is 0 Å². The highest BCUT2D eigenvalue weighted by atomic mass is 16.2. The van der Waals surface area contributed by atoms with Crippen LogP contribution in [0.3, 0.4) is 0 Å². The average molecular weight is 280 g/mol. The molecule has 0 aliphatic carbocycles. The molecule has 1 aliphatic heterocycles. The van der Waals surface area contributed by atoms with Crippen molar-refractivity contribution in [2.75, 3.05) is 16.9 Å². The first-order chi connectivity index (χ1) is 10.3. The Labute approximate surface area is 123 Å². The van der Waals surface area contributed by atoms with E-state index in [2.05, 4.69) is 15.3 Å². The van der Waals surface area contributed by atoms with Gasteiger partial charge in [-0.1, -0.05) is 13.0 Å². The van der Waals surface area contributed by atoms with Crippen LogP contribution >= 0.6 is 0 Å². The number of hydrogen-bond donors (Lipinski definition) is 1. The van der Waals surface area contributed by atoms with E-state index in [0.29, 0.717) is 18.9 Å². The number of rotatable bonds is 3. The van der Waals surface area contributed by atoms with Gasteiger partial charge in [-0.05, 0) is 30.3 Å². The van der Waals surface area contributed by atoms with E-state index in [9.17, 15) is 4.79 Å². The summed E-state index contributed by atoms with van der Waals surface area (Å²) < 4.78 is 0. The maximum Gasteiger partial charge on any atom is 0.232 e. The van der Waals surface area contributed by atoms with E-state index in [1.165, 1.54) is 0 Å². The van der Waals surface area contributed by atoms with Crippen LogP contribution in [0, 0.1) is 0 Å². The number of aromatic nitrogens is 1. The largest absolute Gasteiger partial charge is 0.366 e. The molecule has 0 bridgehead atoms. The van der Waals surface area contributed by atoms with E-state index in [4.69, 9.17) is 0 Å². The molecule has 5 nitrogen and oxygen atoms in total. The van der Waals surface area contributed by atoms with E-state index in [-0.39, 0.29) is 5.91 Å². The Bertz CT molecular complexity index is 682. The van der Waals surface area contributed by atoms with Crippen molar-refractivity contribution in [1.82, 2.24) is 4.98 Å². The number of carbonyl (C=O) groups excluding carboxylic acids is 1. The molecule has 1 aromatic carbocycles. The van der Waals surface area contributed by atoms with Gasteiger partial charge in [0.15, 0.2) is 0 Å². The summed E-state index contributed by atoms with van der Waals surface area (Å²) in [5.41, 5.74) is 2.81. The smallest absolute Gasteiger partial charge is 0.232 e. The molecule has 0 saturated carbocycles. The monoisotopic (exact) mass is 280 g/mol. The van der Waals surface area contributed by atoms with Gasteiger partial charge in [-0.25, -0.2) is 4.98 Å². The number of carbonyl (C=O) groups is 1. The zero-order valence-electron chi connectivity index (χ0n) is 11.8. The molecule has 0 spiro atoms. The van der Waals surface area contributed by atoms with Crippen molar-refractivity contribution >= 4 is 29.3 Å². The minimum atomic E-state index is 0.0122. The van der Waals surface area contributed by atoms with Crippen molar-refractivity contribution in [2.24, 2.45) is 4.99 Å². The molecule has 0 saturated heterocycles. The number of anilines is 3. The maximum atomic E-state index is 12.3. The second-order valence-corrected chi connectivity index (χ2v) is 4.69. The Morgan fingerprint density at radius 1 is 1.33 bits per heavy atom. The lowest BCUT2D eigenvalue weighted by Crippen LogP contribution is -2.26. The van der Waals surface area contributed by atoms with Crippen LogP contribution in [0.15, 0.2) is 47.6 Å². The Hall–Kier alpha value is -2.69. The highest BCUT2D eigenvalue weighted by Crippen LogP contribution is 2.29. The minimum absolute atomic E-state index is 0.0122. The lowest BCUT2D eigenvalue weighted by molar-refractivity contribution is -0.117. The topological polar surface area (TPSA) is 57.6 Å². The number of aliphatic imine (C=N–C) groups is 1. The van der Waals surface area contributed by atoms with Crippen molar-refractivity contribution in [3.63, 3.8) is 0 Å². The summed E-state index contributed by atoms with van der Waals surface area (Å²) in [6.45, 7) is 2.41. The molecule has 0 fully saturated rings. The molecule has 2 heterocycles. The van der Waals surface area contributed by atoms with E-state index in [0.717, 1.165) is 16.9 Å². The maximum absolute atomic E-state index is 12.3. The number of fused-ring (bicyclic) bond motifs is 1. The quantitative estimate of drug-likeness (QED) is 0.940. The van der Waals surface area contributed by atoms with Crippen molar-refractivity contribution < 1.29 is 4.79 Å². The van der Waals surface area contributed by atoms with Crippen LogP contribution in [0.25, 0.3) is 0 Å². The molecule has 21 heavy (non-hydrogen) atoms. The first-order valence-corrected chi connectivity index (χ1v) is 6.91. The van der Waals surface area contributed by atoms with Crippen LogP contribution in [0.1, 0.15) is 18.9 Å². The fraction of sp³-hybridized carbons (Fsp3) is 0.188. The van der Waals surface area contributed by atoms with Crippen LogP contribution in [-0.2, 0) is 4.79 Å². The lowest BCUT2D eigenvalue weighted by atomic mass is 10.1. The third-order valence-electron chi connectivity index (χ3n) is 3.32. The zero-order chi connectivity index (χ0) is 14.7. The molecule has 5 heteroatoms. The van der Waals surface area contributed by atoms with Crippen LogP contribution in [0.4, 0.5) is 17.2 Å². The van der Waals surface area contributed by atoms with Gasteiger partial charge < -0.3 is 5.32 Å². The Morgan fingerprint density at radius 3 is 3.00 bits per heavy atom. The molecule has 0 radical (unpaired) electrons. The minimum Gasteiger partial charge on any atom is -0.366 e. The molecular weight excluding hydrogens is 264 g/mol. The van der Waals surface area contributed by atoms with Gasteiger partial charge in [-0.2, -0.15) is 0 Å². The Kier molecular flexibility index (Phi) is 3.64. The number of pyridine rings is 1. The predicted octanol–water partition coefficient (Wildman–Crippen LogP) is 2.96. The molecule has 3 rings (SSSR count). The van der Waals surface area contributed by atoms with Gasteiger partial charge in [0.1, 0.15) is 12.5 Å². The van der Waals surface area contributed by atoms with Gasteiger partial charge in [-0.3, -0.25) is 14.7 Å². The molecule has 1 N–H and O–H groups in total. The van der Waals surface area contributed by atoms with Gasteiger partial charge >= 0.3 is 0 Å². The van der Waals surface area contributed by atoms with E-state index in [1.54, 1.807) is 11.1 Å². The van der Waals surface area contributed by atoms with Gasteiger partial charge in [0.2, 0.25) is 5.91 Å². The van der Waals surface area contributed by atoms with Crippen LogP contribution in [0.2, 0.25) is 0 Å². The molecule has 1 amide bonds. The fourth-order valence-electron chi connectivity index (χ4n) is 2.27. The summed E-state index contributed by atoms with van der Waals surface area (Å²) in [6, 6.07) is 11.4. The third kappa shape index (κ3) is 2.63. The van der Waals surface area contributed by atoms with Gasteiger partial charge in [0.05, 0.1) is 5.69 Å². The summed E-state index contributed by atoms with van der Waals surface area (Å²) in [7, 11) is 0. The van der Waals surface area contributed by atoms with Crippen molar-refractivity contribution in [1.29, 1.82) is 0 Å². The SMILES string of the molecule is CCC(=O)N(c1ccc2c(c1)NCN=C2)c1ccccn1. The number of benzene rings is 1. The second-order valence-electron chi connectivity index (χ2n) is 4.69. The van der Waals surface area contributed by atoms with Gasteiger partial charge in [-0.15, -0.1) is 0 Å². The molecular formula is C16H16N4O. The van der Waals surface area contributed by atoms with Crippen molar-refractivity contribution in [2.45, 2.75) is 13.3 Å². The highest BCUT2D eigenvalue weighted by molar-refractivity contribution is 6.01. The average Bonchev–Trinajstić information content (AvgIpc) is 2.56. The number of nitrogens with zero attached hydrogens (tertiary/aromatic N) is 3. The molecule has 1 aromatic heterocycles. The molecule has 2 aromatic rings. The van der Waals surface area contributed by atoms with E-state index in [1.807, 2.05) is 49.5 Å². The van der Waals surface area contributed by atoms with Gasteiger partial charge in [0, 0.05) is 30.1 Å². The van der Waals surface area contributed by atoms with Crippen molar-refractivity contribution in [3.05, 3.63) is 48.2 Å². The summed E-state index contributed by atoms with van der Waals surface area (Å²) in [4.78, 5) is 22.4. The van der Waals surface area contributed by atoms with Crippen LogP contribution in [0.5, 0.6) is 0 Å². The highest BCUT2D eigenvalue weighted by Gasteiger charge is 2.18. The Balaban J connectivity index is 2.05. The number of hydrogen-bond acceptors (Lipinski definition) is 4. The molecule has 0 atom stereocenters. The van der Waals surface area contributed by atoms with Crippen LogP contribution in [-0.4, -0.2) is 23.8 Å². The van der Waals surface area contributed by atoms with Crippen molar-refractivity contribution in [3.8, 4) is 0 Å². The second kappa shape index (κ2) is 5.75. The first kappa shape index (κ1) is 13.3. The summed E-state index contributed by atoms with van der Waals surface area (Å²) in [5, 5.41) is 3.21. The fourth-order valence-corrected chi connectivity index (χ4v) is 2.27. The number of amides is 1. The third-order valence-corrected chi connectivity index (χ3v) is 3.32. The first-order valence-electron chi connectivity index (χ1n) is 6.91. The number of nitrogens with one attached hydrogen (secondary N) is 1. The van der Waals surface area contributed by atoms with E-state index < -0.39 is 0 Å². The van der Waals surface area contributed by atoms with E-state index >= 15 is 0 Å². The molecule has 106 valence electrons. The Morgan fingerprint density at radius 2 is 2.24 bits per heavy atom. The summed E-state index contributed by atoms with van der Waals surface area (Å²) in [6.07, 6.45) is 3.94. The summed E-state index contributed by atoms with van der Waals surface area (Å²) >= 11 is 0.